The van der Waals surface area contributed by atoms with Gasteiger partial charge in [-0.2, -0.15) is 0 Å². The Morgan fingerprint density at radius 3 is 2.83 bits per heavy atom. The van der Waals surface area contributed by atoms with Crippen LogP contribution in [-0.2, 0) is 16.4 Å². The Labute approximate surface area is 113 Å². The van der Waals surface area contributed by atoms with Crippen molar-refractivity contribution in [2.75, 3.05) is 13.1 Å². The van der Waals surface area contributed by atoms with Crippen molar-refractivity contribution in [3.8, 4) is 0 Å². The SMILES string of the molecule is CC(Cc1cccs1)NS(=O)(=O)C1CCNCC1. The molecule has 0 amide bonds. The van der Waals surface area contributed by atoms with Gasteiger partial charge in [-0.25, -0.2) is 13.1 Å². The summed E-state index contributed by atoms with van der Waals surface area (Å²) in [4.78, 5) is 1.22. The molecule has 1 atom stereocenters. The molecular formula is C12H20N2O2S2. The highest BCUT2D eigenvalue weighted by molar-refractivity contribution is 7.90. The van der Waals surface area contributed by atoms with E-state index in [4.69, 9.17) is 0 Å². The maximum atomic E-state index is 12.2. The van der Waals surface area contributed by atoms with Crippen molar-refractivity contribution < 1.29 is 8.42 Å². The van der Waals surface area contributed by atoms with Crippen molar-refractivity contribution in [3.05, 3.63) is 22.4 Å². The third-order valence-corrected chi connectivity index (χ3v) is 6.16. The van der Waals surface area contributed by atoms with Crippen LogP contribution in [-0.4, -0.2) is 32.8 Å². The molecule has 1 aromatic rings. The van der Waals surface area contributed by atoms with Crippen molar-refractivity contribution in [1.29, 1.82) is 0 Å². The minimum atomic E-state index is -3.17. The van der Waals surface area contributed by atoms with E-state index in [2.05, 4.69) is 10.0 Å². The fourth-order valence-electron chi connectivity index (χ4n) is 2.25. The lowest BCUT2D eigenvalue weighted by atomic mass is 10.2. The summed E-state index contributed by atoms with van der Waals surface area (Å²) >= 11 is 1.67. The largest absolute Gasteiger partial charge is 0.317 e. The fraction of sp³-hybridized carbons (Fsp3) is 0.667. The molecule has 2 heterocycles. The van der Waals surface area contributed by atoms with Crippen molar-refractivity contribution >= 4 is 21.4 Å². The Morgan fingerprint density at radius 1 is 1.50 bits per heavy atom. The van der Waals surface area contributed by atoms with Gasteiger partial charge < -0.3 is 5.32 Å². The van der Waals surface area contributed by atoms with E-state index < -0.39 is 10.0 Å². The van der Waals surface area contributed by atoms with Gasteiger partial charge in [0.05, 0.1) is 5.25 Å². The Hall–Kier alpha value is -0.430. The molecule has 0 aromatic carbocycles. The van der Waals surface area contributed by atoms with Crippen LogP contribution in [0.4, 0.5) is 0 Å². The Bertz CT molecular complexity index is 450. The molecule has 4 nitrogen and oxygen atoms in total. The third kappa shape index (κ3) is 3.78. The van der Waals surface area contributed by atoms with Crippen LogP contribution < -0.4 is 10.0 Å². The standard InChI is InChI=1S/C12H20N2O2S2/c1-10(9-11-3-2-8-17-11)14-18(15,16)12-4-6-13-7-5-12/h2-3,8,10,12-14H,4-7,9H2,1H3. The summed E-state index contributed by atoms with van der Waals surface area (Å²) in [6.07, 6.45) is 2.18. The zero-order valence-electron chi connectivity index (χ0n) is 10.6. The van der Waals surface area contributed by atoms with Gasteiger partial charge in [0.15, 0.2) is 0 Å². The van der Waals surface area contributed by atoms with E-state index in [1.54, 1.807) is 11.3 Å². The maximum Gasteiger partial charge on any atom is 0.214 e. The van der Waals surface area contributed by atoms with Crippen molar-refractivity contribution in [2.45, 2.75) is 37.5 Å². The van der Waals surface area contributed by atoms with Crippen LogP contribution in [0.3, 0.4) is 0 Å². The second-order valence-electron chi connectivity index (χ2n) is 4.80. The number of hydrogen-bond acceptors (Lipinski definition) is 4. The molecule has 6 heteroatoms. The number of nitrogens with one attached hydrogen (secondary N) is 2. The lowest BCUT2D eigenvalue weighted by Gasteiger charge is -2.24. The average Bonchev–Trinajstić information content (AvgIpc) is 2.82. The summed E-state index contributed by atoms with van der Waals surface area (Å²) in [5.41, 5.74) is 0. The normalized spacial score (nSPS) is 19.8. The molecule has 1 aromatic heterocycles. The smallest absolute Gasteiger partial charge is 0.214 e. The first-order valence-corrected chi connectivity index (χ1v) is 8.75. The molecule has 0 saturated carbocycles. The minimum absolute atomic E-state index is 0.0384. The van der Waals surface area contributed by atoms with Crippen LogP contribution in [0.1, 0.15) is 24.6 Å². The van der Waals surface area contributed by atoms with E-state index in [1.807, 2.05) is 24.4 Å². The second kappa shape index (κ2) is 6.14. The molecule has 2 N–H and O–H groups in total. The highest BCUT2D eigenvalue weighted by Crippen LogP contribution is 2.15. The van der Waals surface area contributed by atoms with Crippen molar-refractivity contribution in [2.24, 2.45) is 0 Å². The molecular weight excluding hydrogens is 268 g/mol. The predicted molar refractivity (Wildman–Crippen MR) is 75.4 cm³/mol. The topological polar surface area (TPSA) is 58.2 Å². The third-order valence-electron chi connectivity index (χ3n) is 3.18. The molecule has 1 unspecified atom stereocenters. The fourth-order valence-corrected chi connectivity index (χ4v) is 4.78. The summed E-state index contributed by atoms with van der Waals surface area (Å²) in [5.74, 6) is 0. The van der Waals surface area contributed by atoms with Gasteiger partial charge in [-0.05, 0) is 50.7 Å². The maximum absolute atomic E-state index is 12.2. The Morgan fingerprint density at radius 2 is 2.22 bits per heavy atom. The molecule has 1 aliphatic heterocycles. The molecule has 0 bridgehead atoms. The lowest BCUT2D eigenvalue weighted by molar-refractivity contribution is 0.483. The number of hydrogen-bond donors (Lipinski definition) is 2. The second-order valence-corrected chi connectivity index (χ2v) is 7.82. The zero-order valence-corrected chi connectivity index (χ0v) is 12.2. The van der Waals surface area contributed by atoms with Gasteiger partial charge in [-0.1, -0.05) is 6.07 Å². The summed E-state index contributed by atoms with van der Waals surface area (Å²) < 4.78 is 27.2. The van der Waals surface area contributed by atoms with E-state index in [9.17, 15) is 8.42 Å². The van der Waals surface area contributed by atoms with Gasteiger partial charge >= 0.3 is 0 Å². The molecule has 18 heavy (non-hydrogen) atoms. The van der Waals surface area contributed by atoms with E-state index in [1.165, 1.54) is 4.88 Å². The lowest BCUT2D eigenvalue weighted by Crippen LogP contribution is -2.44. The first kappa shape index (κ1) is 14.0. The predicted octanol–water partition coefficient (Wildman–Crippen LogP) is 1.35. The highest BCUT2D eigenvalue weighted by atomic mass is 32.2. The van der Waals surface area contributed by atoms with Crippen LogP contribution in [0, 0.1) is 0 Å². The van der Waals surface area contributed by atoms with Gasteiger partial charge in [-0.15, -0.1) is 11.3 Å². The van der Waals surface area contributed by atoms with E-state index in [0.717, 1.165) is 19.5 Å². The van der Waals surface area contributed by atoms with Gasteiger partial charge in [-0.3, -0.25) is 0 Å². The molecule has 1 fully saturated rings. The van der Waals surface area contributed by atoms with Gasteiger partial charge in [0.25, 0.3) is 0 Å². The van der Waals surface area contributed by atoms with Crippen LogP contribution >= 0.6 is 11.3 Å². The minimum Gasteiger partial charge on any atom is -0.317 e. The number of sulfonamides is 1. The molecule has 0 spiro atoms. The molecule has 1 aliphatic rings. The monoisotopic (exact) mass is 288 g/mol. The molecule has 102 valence electrons. The Balaban J connectivity index is 1.90. The molecule has 0 radical (unpaired) electrons. The number of rotatable bonds is 5. The van der Waals surface area contributed by atoms with E-state index >= 15 is 0 Å². The van der Waals surface area contributed by atoms with E-state index in [0.29, 0.717) is 12.8 Å². The molecule has 0 aliphatic carbocycles. The molecule has 1 saturated heterocycles. The highest BCUT2D eigenvalue weighted by Gasteiger charge is 2.28. The first-order chi connectivity index (χ1) is 8.58. The summed E-state index contributed by atoms with van der Waals surface area (Å²) in [7, 11) is -3.17. The van der Waals surface area contributed by atoms with Crippen LogP contribution in [0.25, 0.3) is 0 Å². The van der Waals surface area contributed by atoms with Crippen LogP contribution in [0.5, 0.6) is 0 Å². The van der Waals surface area contributed by atoms with Gasteiger partial charge in [0.1, 0.15) is 0 Å². The van der Waals surface area contributed by atoms with Crippen LogP contribution in [0.2, 0.25) is 0 Å². The number of piperidine rings is 1. The van der Waals surface area contributed by atoms with Gasteiger partial charge in [0.2, 0.25) is 10.0 Å². The summed E-state index contributed by atoms with van der Waals surface area (Å²) in [5, 5.41) is 4.97. The average molecular weight is 288 g/mol. The van der Waals surface area contributed by atoms with Gasteiger partial charge in [0, 0.05) is 10.9 Å². The molecule has 2 rings (SSSR count). The van der Waals surface area contributed by atoms with Crippen LogP contribution in [0.15, 0.2) is 17.5 Å². The van der Waals surface area contributed by atoms with E-state index in [-0.39, 0.29) is 11.3 Å². The first-order valence-electron chi connectivity index (χ1n) is 6.32. The van der Waals surface area contributed by atoms with Crippen molar-refractivity contribution in [1.82, 2.24) is 10.0 Å². The number of thiophene rings is 1. The Kier molecular flexibility index (Phi) is 4.77. The summed E-state index contributed by atoms with van der Waals surface area (Å²) in [6, 6.07) is 4.00. The summed E-state index contributed by atoms with van der Waals surface area (Å²) in [6.45, 7) is 3.52. The zero-order chi connectivity index (χ0) is 13.0. The quantitative estimate of drug-likeness (QED) is 0.860. The van der Waals surface area contributed by atoms with Crippen molar-refractivity contribution in [3.63, 3.8) is 0 Å².